The first-order valence-corrected chi connectivity index (χ1v) is 6.52. The Morgan fingerprint density at radius 1 is 1.56 bits per heavy atom. The minimum absolute atomic E-state index is 0.0535. The second-order valence-electron chi connectivity index (χ2n) is 3.89. The number of hydrogen-bond acceptors (Lipinski definition) is 4. The summed E-state index contributed by atoms with van der Waals surface area (Å²) in [6, 6.07) is 1.34. The van der Waals surface area contributed by atoms with Crippen molar-refractivity contribution in [3.63, 3.8) is 0 Å². The van der Waals surface area contributed by atoms with Crippen molar-refractivity contribution in [2.24, 2.45) is 0 Å². The Balaban J connectivity index is 2.81. The Morgan fingerprint density at radius 3 is 2.67 bits per heavy atom. The molecule has 0 radical (unpaired) electrons. The van der Waals surface area contributed by atoms with Crippen molar-refractivity contribution < 1.29 is 19.4 Å². The highest BCUT2D eigenvalue weighted by Gasteiger charge is 2.23. The van der Waals surface area contributed by atoms with Crippen molar-refractivity contribution in [3.8, 4) is 5.75 Å². The molecule has 1 aromatic heterocycles. The predicted octanol–water partition coefficient (Wildman–Crippen LogP) is 2.08. The summed E-state index contributed by atoms with van der Waals surface area (Å²) in [7, 11) is 1.54. The molecule has 1 amide bonds. The number of aliphatic carboxylic acids is 1. The average Bonchev–Trinajstić information content (AvgIpc) is 2.77. The molecule has 0 saturated carbocycles. The predicted molar refractivity (Wildman–Crippen MR) is 69.3 cm³/mol. The van der Waals surface area contributed by atoms with E-state index in [4.69, 9.17) is 9.84 Å². The molecule has 0 aliphatic carbocycles. The number of carboxylic acids is 1. The van der Waals surface area contributed by atoms with Crippen molar-refractivity contribution in [3.05, 3.63) is 16.3 Å². The Kier molecular flexibility index (Phi) is 5.15. The summed E-state index contributed by atoms with van der Waals surface area (Å²) < 4.78 is 5.03. The fourth-order valence-electron chi connectivity index (χ4n) is 1.70. The summed E-state index contributed by atoms with van der Waals surface area (Å²) in [5.74, 6) is -0.414. The zero-order valence-corrected chi connectivity index (χ0v) is 11.5. The second kappa shape index (κ2) is 6.39. The molecule has 0 aliphatic heterocycles. The number of amides is 1. The lowest BCUT2D eigenvalue weighted by Gasteiger charge is -2.26. The van der Waals surface area contributed by atoms with Crippen molar-refractivity contribution in [1.29, 1.82) is 0 Å². The number of carboxylic acid groups (broad SMARTS) is 1. The first-order valence-electron chi connectivity index (χ1n) is 5.64. The van der Waals surface area contributed by atoms with Crippen LogP contribution in [0.25, 0.3) is 0 Å². The molecule has 5 nitrogen and oxygen atoms in total. The maximum absolute atomic E-state index is 12.2. The van der Waals surface area contributed by atoms with E-state index < -0.39 is 5.97 Å². The van der Waals surface area contributed by atoms with Crippen LogP contribution in [0.4, 0.5) is 0 Å². The molecule has 0 bridgehead atoms. The number of methoxy groups -OCH3 is 1. The third-order valence-corrected chi connectivity index (χ3v) is 3.52. The fraction of sp³-hybridized carbons (Fsp3) is 0.500. The van der Waals surface area contributed by atoms with Crippen LogP contribution in [0.5, 0.6) is 5.75 Å². The molecular weight excluding hydrogens is 254 g/mol. The molecule has 6 heteroatoms. The molecule has 1 rings (SSSR count). The van der Waals surface area contributed by atoms with Crippen molar-refractivity contribution in [2.75, 3.05) is 13.7 Å². The van der Waals surface area contributed by atoms with Gasteiger partial charge in [-0.15, -0.1) is 11.3 Å². The van der Waals surface area contributed by atoms with E-state index in [9.17, 15) is 9.59 Å². The molecule has 0 aromatic carbocycles. The lowest BCUT2D eigenvalue weighted by molar-refractivity contribution is -0.138. The monoisotopic (exact) mass is 271 g/mol. The Labute approximate surface area is 110 Å². The Hall–Kier alpha value is -1.56. The number of ether oxygens (including phenoxy) is 1. The smallest absolute Gasteiger partial charge is 0.305 e. The van der Waals surface area contributed by atoms with Crippen molar-refractivity contribution in [2.45, 2.75) is 26.3 Å². The zero-order valence-electron chi connectivity index (χ0n) is 10.7. The maximum Gasteiger partial charge on any atom is 0.305 e. The number of thiophene rings is 1. The van der Waals surface area contributed by atoms with Gasteiger partial charge in [-0.2, -0.15) is 0 Å². The first kappa shape index (κ1) is 14.5. The topological polar surface area (TPSA) is 66.8 Å². The second-order valence-corrected chi connectivity index (χ2v) is 4.80. The largest absolute Gasteiger partial charge is 0.496 e. The number of nitrogens with zero attached hydrogens (tertiary/aromatic N) is 1. The summed E-state index contributed by atoms with van der Waals surface area (Å²) in [5.41, 5.74) is 0. The summed E-state index contributed by atoms with van der Waals surface area (Å²) in [4.78, 5) is 25.0. The van der Waals surface area contributed by atoms with Gasteiger partial charge in [0.05, 0.1) is 18.4 Å². The van der Waals surface area contributed by atoms with Crippen LogP contribution in [-0.4, -0.2) is 41.6 Å². The Bertz CT molecular complexity index is 429. The van der Waals surface area contributed by atoms with Crippen LogP contribution in [0, 0.1) is 0 Å². The van der Waals surface area contributed by atoms with E-state index >= 15 is 0 Å². The van der Waals surface area contributed by atoms with Crippen molar-refractivity contribution >= 4 is 23.2 Å². The van der Waals surface area contributed by atoms with E-state index in [0.717, 1.165) is 0 Å². The minimum atomic E-state index is -0.905. The highest BCUT2D eigenvalue weighted by atomic mass is 32.1. The molecule has 0 fully saturated rings. The van der Waals surface area contributed by atoms with Gasteiger partial charge in [0.15, 0.2) is 0 Å². The van der Waals surface area contributed by atoms with Gasteiger partial charge in [-0.25, -0.2) is 0 Å². The van der Waals surface area contributed by atoms with E-state index in [2.05, 4.69) is 0 Å². The van der Waals surface area contributed by atoms with Crippen LogP contribution in [0.2, 0.25) is 0 Å². The molecule has 0 aliphatic rings. The van der Waals surface area contributed by atoms with E-state index in [1.54, 1.807) is 30.4 Å². The van der Waals surface area contributed by atoms with Crippen molar-refractivity contribution in [1.82, 2.24) is 4.90 Å². The van der Waals surface area contributed by atoms with Gasteiger partial charge >= 0.3 is 5.97 Å². The molecule has 100 valence electrons. The highest BCUT2D eigenvalue weighted by molar-refractivity contribution is 7.12. The van der Waals surface area contributed by atoms with E-state index in [-0.39, 0.29) is 18.4 Å². The van der Waals surface area contributed by atoms with Crippen LogP contribution >= 0.6 is 11.3 Å². The quantitative estimate of drug-likeness (QED) is 0.860. The Morgan fingerprint density at radius 2 is 2.22 bits per heavy atom. The van der Waals surface area contributed by atoms with E-state index in [0.29, 0.717) is 17.2 Å². The minimum Gasteiger partial charge on any atom is -0.496 e. The molecule has 1 atom stereocenters. The molecule has 1 N–H and O–H groups in total. The van der Waals surface area contributed by atoms with Gasteiger partial charge in [-0.05, 0) is 13.8 Å². The standard InChI is InChI=1S/C12H17NO4S/c1-4-13(8(2)5-11(14)15)12(16)10-6-9(17-3)7-18-10/h6-8H,4-5H2,1-3H3,(H,14,15). The summed E-state index contributed by atoms with van der Waals surface area (Å²) in [6.07, 6.45) is -0.0535. The lowest BCUT2D eigenvalue weighted by Crippen LogP contribution is -2.39. The molecule has 18 heavy (non-hydrogen) atoms. The molecular formula is C12H17NO4S. The van der Waals surface area contributed by atoms with E-state index in [1.165, 1.54) is 11.3 Å². The van der Waals surface area contributed by atoms with E-state index in [1.807, 2.05) is 6.92 Å². The zero-order chi connectivity index (χ0) is 13.7. The first-order chi connectivity index (χ1) is 8.49. The van der Waals surface area contributed by atoms with Gasteiger partial charge in [-0.3, -0.25) is 9.59 Å². The fourth-order valence-corrected chi connectivity index (χ4v) is 2.51. The normalized spacial score (nSPS) is 11.9. The number of rotatable bonds is 6. The number of carbonyl (C=O) groups is 2. The molecule has 1 heterocycles. The number of hydrogen-bond donors (Lipinski definition) is 1. The number of carbonyl (C=O) groups excluding carboxylic acids is 1. The van der Waals surface area contributed by atoms with Crippen LogP contribution in [0.3, 0.4) is 0 Å². The lowest BCUT2D eigenvalue weighted by atomic mass is 10.2. The van der Waals surface area contributed by atoms with Crippen LogP contribution < -0.4 is 4.74 Å². The van der Waals surface area contributed by atoms with Crippen LogP contribution in [0.1, 0.15) is 29.9 Å². The van der Waals surface area contributed by atoms with Gasteiger partial charge in [0.2, 0.25) is 0 Å². The van der Waals surface area contributed by atoms with Gasteiger partial charge in [0.1, 0.15) is 5.75 Å². The molecule has 1 aromatic rings. The molecule has 0 saturated heterocycles. The van der Waals surface area contributed by atoms with Crippen LogP contribution in [-0.2, 0) is 4.79 Å². The van der Waals surface area contributed by atoms with Crippen LogP contribution in [0.15, 0.2) is 11.4 Å². The third-order valence-electron chi connectivity index (χ3n) is 2.63. The maximum atomic E-state index is 12.2. The third kappa shape index (κ3) is 3.46. The highest BCUT2D eigenvalue weighted by Crippen LogP contribution is 2.23. The summed E-state index contributed by atoms with van der Waals surface area (Å²) >= 11 is 1.30. The van der Waals surface area contributed by atoms with Gasteiger partial charge in [-0.1, -0.05) is 0 Å². The molecule has 0 spiro atoms. The summed E-state index contributed by atoms with van der Waals surface area (Å²) in [6.45, 7) is 4.05. The summed E-state index contributed by atoms with van der Waals surface area (Å²) in [5, 5.41) is 10.5. The molecule has 1 unspecified atom stereocenters. The average molecular weight is 271 g/mol. The van der Waals surface area contributed by atoms with Gasteiger partial charge in [0.25, 0.3) is 5.91 Å². The van der Waals surface area contributed by atoms with Gasteiger partial charge in [0, 0.05) is 24.0 Å². The van der Waals surface area contributed by atoms with Gasteiger partial charge < -0.3 is 14.7 Å². The SMILES string of the molecule is CCN(C(=O)c1cc(OC)cs1)C(C)CC(=O)O.